The van der Waals surface area contributed by atoms with Crippen molar-refractivity contribution in [3.05, 3.63) is 29.8 Å². The van der Waals surface area contributed by atoms with Gasteiger partial charge >= 0.3 is 0 Å². The summed E-state index contributed by atoms with van der Waals surface area (Å²) >= 11 is 0. The first-order valence-corrected chi connectivity index (χ1v) is 4.49. The fourth-order valence-corrected chi connectivity index (χ4v) is 1.15. The average Bonchev–Trinajstić information content (AvgIpc) is 2.17. The molecule has 0 aliphatic heterocycles. The lowest BCUT2D eigenvalue weighted by Gasteiger charge is -2.12. The number of rotatable bonds is 3. The monoisotopic (exact) mass is 174 g/mol. The Hall–Kier alpha value is -1.49. The number of nitrogens with one attached hydrogen (secondary N) is 1. The van der Waals surface area contributed by atoms with Crippen molar-refractivity contribution < 1.29 is 0 Å². The molecule has 0 aliphatic rings. The highest BCUT2D eigenvalue weighted by Crippen LogP contribution is 2.14. The molecule has 0 fully saturated rings. The third-order valence-electron chi connectivity index (χ3n) is 2.04. The van der Waals surface area contributed by atoms with Gasteiger partial charge in [0.25, 0.3) is 0 Å². The Kier molecular flexibility index (Phi) is 3.33. The maximum absolute atomic E-state index is 8.77. The lowest BCUT2D eigenvalue weighted by Crippen LogP contribution is -2.16. The van der Waals surface area contributed by atoms with Gasteiger partial charge in [-0.1, -0.05) is 25.1 Å². The second-order valence-corrected chi connectivity index (χ2v) is 3.05. The topological polar surface area (TPSA) is 35.8 Å². The van der Waals surface area contributed by atoms with E-state index in [4.69, 9.17) is 5.26 Å². The van der Waals surface area contributed by atoms with Crippen LogP contribution < -0.4 is 5.32 Å². The molecule has 2 nitrogen and oxygen atoms in total. The van der Waals surface area contributed by atoms with Crippen LogP contribution in [-0.4, -0.2) is 6.04 Å². The second kappa shape index (κ2) is 4.51. The van der Waals surface area contributed by atoms with Crippen molar-refractivity contribution in [2.45, 2.75) is 26.3 Å². The van der Waals surface area contributed by atoms with Gasteiger partial charge in [0.05, 0.1) is 6.07 Å². The van der Waals surface area contributed by atoms with E-state index >= 15 is 0 Å². The highest BCUT2D eigenvalue weighted by Gasteiger charge is 2.04. The molecule has 0 amide bonds. The predicted octanol–water partition coefficient (Wildman–Crippen LogP) is 2.71. The Morgan fingerprint density at radius 3 is 2.69 bits per heavy atom. The molecule has 1 unspecified atom stereocenters. The van der Waals surface area contributed by atoms with Crippen LogP contribution in [0.15, 0.2) is 24.3 Å². The summed E-state index contributed by atoms with van der Waals surface area (Å²) in [7, 11) is 0. The van der Waals surface area contributed by atoms with E-state index in [9.17, 15) is 0 Å². The zero-order valence-corrected chi connectivity index (χ0v) is 8.04. The molecule has 0 saturated carbocycles. The van der Waals surface area contributed by atoms with Crippen LogP contribution in [-0.2, 0) is 0 Å². The number of para-hydroxylation sites is 1. The maximum Gasteiger partial charge on any atom is 0.114 e. The largest absolute Gasteiger partial charge is 0.370 e. The van der Waals surface area contributed by atoms with E-state index in [1.165, 1.54) is 5.56 Å². The standard InChI is InChI=1S/C11H14N2/c1-3-10(8-12)13-11-7-5-4-6-9(11)2/h4-7,10,13H,3H2,1-2H3. The molecule has 68 valence electrons. The molecule has 0 aliphatic carbocycles. The predicted molar refractivity (Wildman–Crippen MR) is 54.5 cm³/mol. The normalized spacial score (nSPS) is 11.8. The van der Waals surface area contributed by atoms with E-state index in [-0.39, 0.29) is 6.04 Å². The summed E-state index contributed by atoms with van der Waals surface area (Å²) in [6.45, 7) is 4.03. The molecule has 13 heavy (non-hydrogen) atoms. The van der Waals surface area contributed by atoms with Gasteiger partial charge in [-0.25, -0.2) is 0 Å². The number of benzene rings is 1. The summed E-state index contributed by atoms with van der Waals surface area (Å²) in [6, 6.07) is 10.1. The SMILES string of the molecule is CCC(C#N)Nc1ccccc1C. The van der Waals surface area contributed by atoms with Gasteiger partial charge < -0.3 is 5.32 Å². The van der Waals surface area contributed by atoms with Crippen molar-refractivity contribution in [2.24, 2.45) is 0 Å². The molecule has 0 bridgehead atoms. The Balaban J connectivity index is 2.74. The Labute approximate surface area is 79.2 Å². The first-order valence-electron chi connectivity index (χ1n) is 4.49. The number of aryl methyl sites for hydroxylation is 1. The zero-order chi connectivity index (χ0) is 9.68. The molecule has 2 heteroatoms. The molecule has 1 atom stereocenters. The summed E-state index contributed by atoms with van der Waals surface area (Å²) in [4.78, 5) is 0. The number of hydrogen-bond donors (Lipinski definition) is 1. The van der Waals surface area contributed by atoms with E-state index in [2.05, 4.69) is 11.4 Å². The van der Waals surface area contributed by atoms with E-state index in [0.717, 1.165) is 12.1 Å². The number of anilines is 1. The second-order valence-electron chi connectivity index (χ2n) is 3.05. The minimum atomic E-state index is -0.0823. The van der Waals surface area contributed by atoms with Crippen LogP contribution in [0.3, 0.4) is 0 Å². The maximum atomic E-state index is 8.77. The minimum Gasteiger partial charge on any atom is -0.370 e. The molecular formula is C11H14N2. The van der Waals surface area contributed by atoms with Crippen LogP contribution in [0.4, 0.5) is 5.69 Å². The summed E-state index contributed by atoms with van der Waals surface area (Å²) in [6.07, 6.45) is 0.824. The van der Waals surface area contributed by atoms with Crippen molar-refractivity contribution >= 4 is 5.69 Å². The zero-order valence-electron chi connectivity index (χ0n) is 8.04. The van der Waals surface area contributed by atoms with Gasteiger partial charge in [0.1, 0.15) is 6.04 Å². The van der Waals surface area contributed by atoms with Gasteiger partial charge in [0, 0.05) is 5.69 Å². The van der Waals surface area contributed by atoms with Crippen LogP contribution in [0.2, 0.25) is 0 Å². The highest BCUT2D eigenvalue weighted by molar-refractivity contribution is 5.51. The van der Waals surface area contributed by atoms with Gasteiger partial charge in [-0.3, -0.25) is 0 Å². The molecule has 1 rings (SSSR count). The third-order valence-corrected chi connectivity index (χ3v) is 2.04. The number of hydrogen-bond acceptors (Lipinski definition) is 2. The summed E-state index contributed by atoms with van der Waals surface area (Å²) in [5.41, 5.74) is 2.23. The lowest BCUT2D eigenvalue weighted by molar-refractivity contribution is 0.844. The van der Waals surface area contributed by atoms with Gasteiger partial charge in [-0.05, 0) is 25.0 Å². The van der Waals surface area contributed by atoms with Crippen molar-refractivity contribution in [2.75, 3.05) is 5.32 Å². The van der Waals surface area contributed by atoms with Gasteiger partial charge in [0.2, 0.25) is 0 Å². The lowest BCUT2D eigenvalue weighted by atomic mass is 10.1. The molecule has 0 saturated heterocycles. The van der Waals surface area contributed by atoms with Crippen LogP contribution in [0.1, 0.15) is 18.9 Å². The van der Waals surface area contributed by atoms with E-state index in [0.29, 0.717) is 0 Å². The van der Waals surface area contributed by atoms with E-state index in [1.54, 1.807) is 0 Å². The molecule has 1 N–H and O–H groups in total. The van der Waals surface area contributed by atoms with Crippen LogP contribution in [0, 0.1) is 18.3 Å². The van der Waals surface area contributed by atoms with Crippen molar-refractivity contribution in [3.63, 3.8) is 0 Å². The summed E-state index contributed by atoms with van der Waals surface area (Å²) < 4.78 is 0. The van der Waals surface area contributed by atoms with E-state index in [1.807, 2.05) is 38.1 Å². The molecular weight excluding hydrogens is 160 g/mol. The van der Waals surface area contributed by atoms with Crippen molar-refractivity contribution in [1.82, 2.24) is 0 Å². The van der Waals surface area contributed by atoms with Gasteiger partial charge in [0.15, 0.2) is 0 Å². The summed E-state index contributed by atoms with van der Waals surface area (Å²) in [5, 5.41) is 12.0. The smallest absolute Gasteiger partial charge is 0.114 e. The molecule has 0 heterocycles. The van der Waals surface area contributed by atoms with Crippen LogP contribution in [0.25, 0.3) is 0 Å². The fraction of sp³-hybridized carbons (Fsp3) is 0.364. The van der Waals surface area contributed by atoms with Crippen molar-refractivity contribution in [3.8, 4) is 6.07 Å². The van der Waals surface area contributed by atoms with E-state index < -0.39 is 0 Å². The van der Waals surface area contributed by atoms with Crippen molar-refractivity contribution in [1.29, 1.82) is 5.26 Å². The first-order chi connectivity index (χ1) is 6.27. The Morgan fingerprint density at radius 1 is 1.46 bits per heavy atom. The fourth-order valence-electron chi connectivity index (χ4n) is 1.15. The average molecular weight is 174 g/mol. The number of nitriles is 1. The molecule has 1 aromatic rings. The summed E-state index contributed by atoms with van der Waals surface area (Å²) in [5.74, 6) is 0. The third kappa shape index (κ3) is 2.48. The molecule has 1 aromatic carbocycles. The Morgan fingerprint density at radius 2 is 2.15 bits per heavy atom. The number of nitrogens with zero attached hydrogens (tertiary/aromatic N) is 1. The molecule has 0 aromatic heterocycles. The Bertz CT molecular complexity index is 312. The molecule has 0 radical (unpaired) electrons. The molecule has 0 spiro atoms. The van der Waals surface area contributed by atoms with Gasteiger partial charge in [-0.15, -0.1) is 0 Å². The minimum absolute atomic E-state index is 0.0823. The quantitative estimate of drug-likeness (QED) is 0.764. The highest BCUT2D eigenvalue weighted by atomic mass is 14.9. The van der Waals surface area contributed by atoms with Crippen LogP contribution in [0.5, 0.6) is 0 Å². The first kappa shape index (κ1) is 9.60. The van der Waals surface area contributed by atoms with Gasteiger partial charge in [-0.2, -0.15) is 5.26 Å². The van der Waals surface area contributed by atoms with Crippen LogP contribution >= 0.6 is 0 Å².